The molecule has 1 unspecified atom stereocenters. The topological polar surface area (TPSA) is 29.5 Å². The van der Waals surface area contributed by atoms with E-state index in [1.54, 1.807) is 0 Å². The second-order valence-corrected chi connectivity index (χ2v) is 5.89. The first-order valence-electron chi connectivity index (χ1n) is 7.78. The Morgan fingerprint density at radius 3 is 2.76 bits per heavy atom. The molecular formula is C17H24ClNO2. The van der Waals surface area contributed by atoms with Crippen LogP contribution in [0, 0.1) is 5.92 Å². The second kappa shape index (κ2) is 7.69. The van der Waals surface area contributed by atoms with Crippen molar-refractivity contribution in [3.8, 4) is 5.75 Å². The van der Waals surface area contributed by atoms with Crippen molar-refractivity contribution in [1.82, 2.24) is 4.90 Å². The monoisotopic (exact) mass is 309 g/mol. The molecular weight excluding hydrogens is 286 g/mol. The number of ether oxygens (including phenoxy) is 1. The van der Waals surface area contributed by atoms with Crippen LogP contribution in [-0.4, -0.2) is 35.9 Å². The van der Waals surface area contributed by atoms with Crippen LogP contribution >= 0.6 is 11.6 Å². The van der Waals surface area contributed by atoms with Gasteiger partial charge < -0.3 is 9.64 Å². The minimum absolute atomic E-state index is 0.0938. The van der Waals surface area contributed by atoms with Crippen molar-refractivity contribution >= 4 is 17.5 Å². The number of halogens is 1. The summed E-state index contributed by atoms with van der Waals surface area (Å²) in [6.07, 6.45) is 2.68. The van der Waals surface area contributed by atoms with Gasteiger partial charge in [-0.25, -0.2) is 0 Å². The SMILES string of the molecule is CCC(CC)N(CCCl)C(=O)C1COc2ccccc2C1. The molecule has 1 heterocycles. The summed E-state index contributed by atoms with van der Waals surface area (Å²) < 4.78 is 5.75. The Bertz CT molecular complexity index is 474. The fourth-order valence-electron chi connectivity index (χ4n) is 3.01. The number of hydrogen-bond acceptors (Lipinski definition) is 2. The lowest BCUT2D eigenvalue weighted by atomic mass is 9.94. The molecule has 0 saturated carbocycles. The number of carbonyl (C=O) groups is 1. The van der Waals surface area contributed by atoms with Crippen LogP contribution in [-0.2, 0) is 11.2 Å². The van der Waals surface area contributed by atoms with Gasteiger partial charge in [-0.05, 0) is 30.9 Å². The normalized spacial score (nSPS) is 17.2. The van der Waals surface area contributed by atoms with Crippen LogP contribution < -0.4 is 4.74 Å². The third-order valence-electron chi connectivity index (χ3n) is 4.22. The van der Waals surface area contributed by atoms with Crippen LogP contribution in [0.25, 0.3) is 0 Å². The first kappa shape index (κ1) is 16.2. The molecule has 0 fully saturated rings. The fraction of sp³-hybridized carbons (Fsp3) is 0.588. The Morgan fingerprint density at radius 1 is 1.38 bits per heavy atom. The summed E-state index contributed by atoms with van der Waals surface area (Å²) in [5.41, 5.74) is 1.12. The Labute approximate surface area is 132 Å². The van der Waals surface area contributed by atoms with Gasteiger partial charge in [0.25, 0.3) is 0 Å². The number of nitrogens with zero attached hydrogens (tertiary/aromatic N) is 1. The largest absolute Gasteiger partial charge is 0.492 e. The molecule has 2 rings (SSSR count). The Hall–Kier alpha value is -1.22. The van der Waals surface area contributed by atoms with E-state index in [2.05, 4.69) is 13.8 Å². The van der Waals surface area contributed by atoms with E-state index in [0.29, 0.717) is 19.0 Å². The quantitative estimate of drug-likeness (QED) is 0.753. The van der Waals surface area contributed by atoms with Gasteiger partial charge in [0, 0.05) is 18.5 Å². The molecule has 1 amide bonds. The van der Waals surface area contributed by atoms with E-state index in [1.165, 1.54) is 0 Å². The molecule has 21 heavy (non-hydrogen) atoms. The van der Waals surface area contributed by atoms with E-state index in [0.717, 1.165) is 30.6 Å². The number of benzene rings is 1. The van der Waals surface area contributed by atoms with Crippen LogP contribution in [0.3, 0.4) is 0 Å². The molecule has 0 N–H and O–H groups in total. The van der Waals surface area contributed by atoms with Crippen molar-refractivity contribution in [2.24, 2.45) is 5.92 Å². The zero-order valence-electron chi connectivity index (χ0n) is 12.8. The van der Waals surface area contributed by atoms with E-state index in [9.17, 15) is 4.79 Å². The molecule has 3 nitrogen and oxygen atoms in total. The standard InChI is InChI=1S/C17H24ClNO2/c1-3-15(4-2)19(10-9-18)17(20)14-11-13-7-5-6-8-16(13)21-12-14/h5-8,14-15H,3-4,9-12H2,1-2H3. The molecule has 0 bridgehead atoms. The minimum atomic E-state index is -0.0938. The van der Waals surface area contributed by atoms with Crippen LogP contribution in [0.1, 0.15) is 32.3 Å². The van der Waals surface area contributed by atoms with Crippen LogP contribution in [0.2, 0.25) is 0 Å². The molecule has 116 valence electrons. The Balaban J connectivity index is 2.11. The predicted molar refractivity (Wildman–Crippen MR) is 85.9 cm³/mol. The highest BCUT2D eigenvalue weighted by Gasteiger charge is 2.31. The molecule has 0 aromatic heterocycles. The summed E-state index contributed by atoms with van der Waals surface area (Å²) in [5.74, 6) is 1.47. The van der Waals surface area contributed by atoms with Gasteiger partial charge in [0.05, 0.1) is 5.92 Å². The number of rotatable bonds is 6. The van der Waals surface area contributed by atoms with Crippen molar-refractivity contribution in [3.63, 3.8) is 0 Å². The van der Waals surface area contributed by atoms with Crippen LogP contribution in [0.4, 0.5) is 0 Å². The van der Waals surface area contributed by atoms with Gasteiger partial charge in [-0.3, -0.25) is 4.79 Å². The van der Waals surface area contributed by atoms with Gasteiger partial charge in [-0.2, -0.15) is 0 Å². The molecule has 0 saturated heterocycles. The van der Waals surface area contributed by atoms with E-state index >= 15 is 0 Å². The van der Waals surface area contributed by atoms with Crippen molar-refractivity contribution in [2.75, 3.05) is 19.0 Å². The van der Waals surface area contributed by atoms with Gasteiger partial charge in [-0.1, -0.05) is 32.0 Å². The highest BCUT2D eigenvalue weighted by Crippen LogP contribution is 2.28. The molecule has 1 aliphatic heterocycles. The van der Waals surface area contributed by atoms with Gasteiger partial charge in [0.15, 0.2) is 0 Å². The highest BCUT2D eigenvalue weighted by atomic mass is 35.5. The third-order valence-corrected chi connectivity index (χ3v) is 4.39. The maximum absolute atomic E-state index is 12.8. The van der Waals surface area contributed by atoms with Crippen molar-refractivity contribution in [3.05, 3.63) is 29.8 Å². The maximum Gasteiger partial charge on any atom is 0.229 e. The summed E-state index contributed by atoms with van der Waals surface area (Å²) in [4.78, 5) is 14.8. The van der Waals surface area contributed by atoms with Crippen LogP contribution in [0.15, 0.2) is 24.3 Å². The second-order valence-electron chi connectivity index (χ2n) is 5.51. The Kier molecular flexibility index (Phi) is 5.92. The number of amides is 1. The van der Waals surface area contributed by atoms with E-state index in [4.69, 9.17) is 16.3 Å². The van der Waals surface area contributed by atoms with Gasteiger partial charge in [-0.15, -0.1) is 11.6 Å². The number of alkyl halides is 1. The molecule has 1 atom stereocenters. The van der Waals surface area contributed by atoms with Crippen molar-refractivity contribution < 1.29 is 9.53 Å². The molecule has 1 aromatic rings. The summed E-state index contributed by atoms with van der Waals surface area (Å²) in [6, 6.07) is 8.23. The summed E-state index contributed by atoms with van der Waals surface area (Å²) in [7, 11) is 0. The summed E-state index contributed by atoms with van der Waals surface area (Å²) in [5, 5.41) is 0. The first-order valence-corrected chi connectivity index (χ1v) is 8.31. The predicted octanol–water partition coefficient (Wildman–Crippen LogP) is 3.49. The lowest BCUT2D eigenvalue weighted by Crippen LogP contribution is -2.46. The third kappa shape index (κ3) is 3.70. The number of para-hydroxylation sites is 1. The minimum Gasteiger partial charge on any atom is -0.492 e. The fourth-order valence-corrected chi connectivity index (χ4v) is 3.20. The molecule has 1 aliphatic rings. The van der Waals surface area contributed by atoms with Crippen molar-refractivity contribution in [2.45, 2.75) is 39.2 Å². The maximum atomic E-state index is 12.8. The van der Waals surface area contributed by atoms with Gasteiger partial charge in [0.2, 0.25) is 5.91 Å². The zero-order chi connectivity index (χ0) is 15.2. The molecule has 1 aromatic carbocycles. The lowest BCUT2D eigenvalue weighted by Gasteiger charge is -2.34. The average molecular weight is 310 g/mol. The van der Waals surface area contributed by atoms with E-state index < -0.39 is 0 Å². The molecule has 4 heteroatoms. The molecule has 0 aliphatic carbocycles. The summed E-state index contributed by atoms with van der Waals surface area (Å²) in [6.45, 7) is 5.32. The molecule has 0 spiro atoms. The number of fused-ring (bicyclic) bond motifs is 1. The van der Waals surface area contributed by atoms with E-state index in [-0.39, 0.29) is 17.9 Å². The van der Waals surface area contributed by atoms with E-state index in [1.807, 2.05) is 29.2 Å². The lowest BCUT2D eigenvalue weighted by molar-refractivity contribution is -0.139. The number of hydrogen-bond donors (Lipinski definition) is 0. The molecule has 0 radical (unpaired) electrons. The van der Waals surface area contributed by atoms with Crippen LogP contribution in [0.5, 0.6) is 5.75 Å². The zero-order valence-corrected chi connectivity index (χ0v) is 13.6. The average Bonchev–Trinajstić information content (AvgIpc) is 2.54. The summed E-state index contributed by atoms with van der Waals surface area (Å²) >= 11 is 5.89. The van der Waals surface area contributed by atoms with Gasteiger partial charge >= 0.3 is 0 Å². The highest BCUT2D eigenvalue weighted by molar-refractivity contribution is 6.18. The Morgan fingerprint density at radius 2 is 2.10 bits per heavy atom. The smallest absolute Gasteiger partial charge is 0.229 e. The number of carbonyl (C=O) groups excluding carboxylic acids is 1. The first-order chi connectivity index (χ1) is 10.2. The van der Waals surface area contributed by atoms with Gasteiger partial charge in [0.1, 0.15) is 12.4 Å². The van der Waals surface area contributed by atoms with Crippen molar-refractivity contribution in [1.29, 1.82) is 0 Å².